The number of hydrogen-bond donors (Lipinski definition) is 1. The molecule has 2 heterocycles. The molecular weight excluding hydrogens is 400 g/mol. The second-order valence-electron chi connectivity index (χ2n) is 9.70. The zero-order valence-electron chi connectivity index (χ0n) is 20.1. The molecule has 6 heteroatoms. The summed E-state index contributed by atoms with van der Waals surface area (Å²) in [4.78, 5) is 9.90. The van der Waals surface area contributed by atoms with E-state index in [0.29, 0.717) is 19.2 Å². The standard InChI is InChI=1S/C26H42N4O2/c1-3-27-26(30-19-22-8-4-5-9-23(22)20-30)28-18-21-7-6-10-25(17-21)32-16-13-29(2)24-11-14-31-15-12-24/h6-7,10,17,22-24H,3-5,8-9,11-16,18-20H2,1-2H3,(H,27,28). The first-order valence-corrected chi connectivity index (χ1v) is 12.8. The van der Waals surface area contributed by atoms with E-state index in [2.05, 4.69) is 53.4 Å². The molecular formula is C26H42N4O2. The fourth-order valence-corrected chi connectivity index (χ4v) is 5.52. The Kier molecular flexibility index (Phi) is 8.69. The van der Waals surface area contributed by atoms with Crippen LogP contribution < -0.4 is 10.1 Å². The van der Waals surface area contributed by atoms with Crippen LogP contribution in [-0.2, 0) is 11.3 Å². The molecule has 1 N–H and O–H groups in total. The zero-order chi connectivity index (χ0) is 22.2. The quantitative estimate of drug-likeness (QED) is 0.491. The zero-order valence-corrected chi connectivity index (χ0v) is 20.1. The fourth-order valence-electron chi connectivity index (χ4n) is 5.52. The van der Waals surface area contributed by atoms with Gasteiger partial charge in [-0.25, -0.2) is 4.99 Å². The molecule has 6 nitrogen and oxygen atoms in total. The van der Waals surface area contributed by atoms with E-state index in [9.17, 15) is 0 Å². The second kappa shape index (κ2) is 11.9. The SMILES string of the molecule is CCNC(=NCc1cccc(OCCN(C)C2CCOCC2)c1)N1CC2CCCCC2C1. The summed E-state index contributed by atoms with van der Waals surface area (Å²) >= 11 is 0. The Labute approximate surface area is 194 Å². The van der Waals surface area contributed by atoms with Crippen molar-refractivity contribution in [3.05, 3.63) is 29.8 Å². The van der Waals surface area contributed by atoms with Gasteiger partial charge in [-0.15, -0.1) is 0 Å². The van der Waals surface area contributed by atoms with Crippen LogP contribution in [0.3, 0.4) is 0 Å². The number of likely N-dealkylation sites (tertiary alicyclic amines) is 1. The molecule has 0 bridgehead atoms. The minimum absolute atomic E-state index is 0.618. The number of benzene rings is 1. The van der Waals surface area contributed by atoms with Gasteiger partial charge in [-0.1, -0.05) is 25.0 Å². The minimum Gasteiger partial charge on any atom is -0.492 e. The number of aliphatic imine (C=N–C) groups is 1. The van der Waals surface area contributed by atoms with Crippen LogP contribution in [0.5, 0.6) is 5.75 Å². The van der Waals surface area contributed by atoms with Gasteiger partial charge in [-0.05, 0) is 69.2 Å². The van der Waals surface area contributed by atoms with E-state index < -0.39 is 0 Å². The van der Waals surface area contributed by atoms with Crippen molar-refractivity contribution in [1.29, 1.82) is 0 Å². The van der Waals surface area contributed by atoms with Gasteiger partial charge in [0.25, 0.3) is 0 Å². The summed E-state index contributed by atoms with van der Waals surface area (Å²) in [6.45, 7) is 9.50. The number of nitrogens with one attached hydrogen (secondary N) is 1. The molecule has 0 aromatic heterocycles. The molecule has 2 saturated heterocycles. The van der Waals surface area contributed by atoms with E-state index in [1.165, 1.54) is 44.3 Å². The van der Waals surface area contributed by atoms with Crippen molar-refractivity contribution in [2.45, 2.75) is 58.0 Å². The molecule has 1 aromatic carbocycles. The predicted molar refractivity (Wildman–Crippen MR) is 130 cm³/mol. The van der Waals surface area contributed by atoms with Crippen LogP contribution in [0.4, 0.5) is 0 Å². The molecule has 0 spiro atoms. The molecule has 4 rings (SSSR count). The van der Waals surface area contributed by atoms with Gasteiger partial charge in [0.1, 0.15) is 12.4 Å². The van der Waals surface area contributed by atoms with Crippen LogP contribution in [0, 0.1) is 11.8 Å². The van der Waals surface area contributed by atoms with E-state index in [1.807, 2.05) is 0 Å². The summed E-state index contributed by atoms with van der Waals surface area (Å²) < 4.78 is 11.6. The number of likely N-dealkylation sites (N-methyl/N-ethyl adjacent to an activating group) is 1. The number of fused-ring (bicyclic) bond motifs is 1. The lowest BCUT2D eigenvalue weighted by Gasteiger charge is -2.31. The highest BCUT2D eigenvalue weighted by Gasteiger charge is 2.35. The van der Waals surface area contributed by atoms with Crippen molar-refractivity contribution in [1.82, 2.24) is 15.1 Å². The number of hydrogen-bond acceptors (Lipinski definition) is 4. The van der Waals surface area contributed by atoms with Gasteiger partial charge in [-0.2, -0.15) is 0 Å². The molecule has 2 aliphatic heterocycles. The van der Waals surface area contributed by atoms with Gasteiger partial charge in [0.05, 0.1) is 6.54 Å². The first kappa shape index (κ1) is 23.4. The number of guanidine groups is 1. The topological polar surface area (TPSA) is 49.3 Å². The van der Waals surface area contributed by atoms with Crippen LogP contribution in [0.1, 0.15) is 51.0 Å². The molecule has 2 atom stereocenters. The van der Waals surface area contributed by atoms with E-state index in [0.717, 1.165) is 62.7 Å². The molecule has 178 valence electrons. The highest BCUT2D eigenvalue weighted by atomic mass is 16.5. The molecule has 0 radical (unpaired) electrons. The van der Waals surface area contributed by atoms with Crippen LogP contribution in [-0.4, -0.2) is 74.8 Å². The van der Waals surface area contributed by atoms with Crippen LogP contribution in [0.25, 0.3) is 0 Å². The van der Waals surface area contributed by atoms with Gasteiger partial charge >= 0.3 is 0 Å². The molecule has 32 heavy (non-hydrogen) atoms. The molecule has 3 fully saturated rings. The maximum Gasteiger partial charge on any atom is 0.194 e. The average Bonchev–Trinajstić information content (AvgIpc) is 3.27. The van der Waals surface area contributed by atoms with Crippen molar-refractivity contribution < 1.29 is 9.47 Å². The fraction of sp³-hybridized carbons (Fsp3) is 0.731. The normalized spacial score (nSPS) is 24.6. The minimum atomic E-state index is 0.618. The highest BCUT2D eigenvalue weighted by molar-refractivity contribution is 5.80. The van der Waals surface area contributed by atoms with Gasteiger partial charge in [0, 0.05) is 45.4 Å². The highest BCUT2D eigenvalue weighted by Crippen LogP contribution is 2.36. The molecule has 1 aromatic rings. The average molecular weight is 443 g/mol. The molecule has 1 aliphatic carbocycles. The van der Waals surface area contributed by atoms with E-state index >= 15 is 0 Å². The largest absolute Gasteiger partial charge is 0.492 e. The van der Waals surface area contributed by atoms with Crippen molar-refractivity contribution in [2.24, 2.45) is 16.8 Å². The van der Waals surface area contributed by atoms with Gasteiger partial charge in [0.2, 0.25) is 0 Å². The predicted octanol–water partition coefficient (Wildman–Crippen LogP) is 3.76. The Bertz CT molecular complexity index is 720. The Morgan fingerprint density at radius 2 is 1.91 bits per heavy atom. The van der Waals surface area contributed by atoms with E-state index in [4.69, 9.17) is 14.5 Å². The van der Waals surface area contributed by atoms with E-state index in [1.54, 1.807) is 0 Å². The van der Waals surface area contributed by atoms with Crippen LogP contribution >= 0.6 is 0 Å². The summed E-state index contributed by atoms with van der Waals surface area (Å²) in [6, 6.07) is 9.05. The number of rotatable bonds is 8. The molecule has 3 aliphatic rings. The van der Waals surface area contributed by atoms with Gasteiger partial charge < -0.3 is 19.7 Å². The monoisotopic (exact) mass is 442 g/mol. The first-order chi connectivity index (χ1) is 15.7. The van der Waals surface area contributed by atoms with Crippen molar-refractivity contribution >= 4 is 5.96 Å². The maximum atomic E-state index is 6.08. The Morgan fingerprint density at radius 1 is 1.16 bits per heavy atom. The second-order valence-corrected chi connectivity index (χ2v) is 9.70. The Morgan fingerprint density at radius 3 is 2.62 bits per heavy atom. The van der Waals surface area contributed by atoms with Crippen LogP contribution in [0.2, 0.25) is 0 Å². The van der Waals surface area contributed by atoms with Crippen molar-refractivity contribution in [3.63, 3.8) is 0 Å². The summed E-state index contributed by atoms with van der Waals surface area (Å²) in [6.07, 6.45) is 7.83. The van der Waals surface area contributed by atoms with Crippen LogP contribution in [0.15, 0.2) is 29.3 Å². The third-order valence-corrected chi connectivity index (χ3v) is 7.45. The third-order valence-electron chi connectivity index (χ3n) is 7.45. The van der Waals surface area contributed by atoms with E-state index in [-0.39, 0.29) is 0 Å². The number of nitrogens with zero attached hydrogens (tertiary/aromatic N) is 3. The summed E-state index contributed by atoms with van der Waals surface area (Å²) in [7, 11) is 2.20. The van der Waals surface area contributed by atoms with Crippen molar-refractivity contribution in [2.75, 3.05) is 53.0 Å². The lowest BCUT2D eigenvalue weighted by Crippen LogP contribution is -2.40. The lowest BCUT2D eigenvalue weighted by atomic mass is 9.82. The number of ether oxygens (including phenoxy) is 2. The van der Waals surface area contributed by atoms with Gasteiger partial charge in [0.15, 0.2) is 5.96 Å². The lowest BCUT2D eigenvalue weighted by molar-refractivity contribution is 0.0392. The maximum absolute atomic E-state index is 6.08. The summed E-state index contributed by atoms with van der Waals surface area (Å²) in [5, 5.41) is 3.53. The Balaban J connectivity index is 1.28. The Hall–Kier alpha value is -1.79. The molecule has 0 amide bonds. The molecule has 1 saturated carbocycles. The smallest absolute Gasteiger partial charge is 0.194 e. The van der Waals surface area contributed by atoms with Crippen molar-refractivity contribution in [3.8, 4) is 5.75 Å². The summed E-state index contributed by atoms with van der Waals surface area (Å²) in [5.74, 6) is 3.74. The first-order valence-electron chi connectivity index (χ1n) is 12.8. The summed E-state index contributed by atoms with van der Waals surface area (Å²) in [5.41, 5.74) is 1.20. The van der Waals surface area contributed by atoms with Gasteiger partial charge in [-0.3, -0.25) is 4.90 Å². The third kappa shape index (κ3) is 6.38. The molecule has 2 unspecified atom stereocenters.